The monoisotopic (exact) mass is 365 g/mol. The van der Waals surface area contributed by atoms with Gasteiger partial charge in [-0.3, -0.25) is 19.3 Å². The van der Waals surface area contributed by atoms with Gasteiger partial charge in [0.2, 0.25) is 5.91 Å². The molecular formula is C18H22ClN2O4+. The number of methoxy groups -OCH3 is 1. The molecule has 2 aliphatic heterocycles. The maximum absolute atomic E-state index is 12.7. The minimum Gasteiger partial charge on any atom is -0.469 e. The Bertz CT molecular complexity index is 668. The number of amides is 2. The number of likely N-dealkylation sites (tertiary alicyclic amines) is 2. The molecule has 25 heavy (non-hydrogen) atoms. The predicted molar refractivity (Wildman–Crippen MR) is 90.9 cm³/mol. The van der Waals surface area contributed by atoms with E-state index in [0.717, 1.165) is 10.5 Å². The van der Waals surface area contributed by atoms with Crippen molar-refractivity contribution in [3.63, 3.8) is 0 Å². The highest BCUT2D eigenvalue weighted by atomic mass is 35.5. The third-order valence-corrected chi connectivity index (χ3v) is 5.40. The van der Waals surface area contributed by atoms with Gasteiger partial charge < -0.3 is 9.64 Å². The summed E-state index contributed by atoms with van der Waals surface area (Å²) in [5.74, 6) is -0.526. The highest BCUT2D eigenvalue weighted by Gasteiger charge is 2.46. The third kappa shape index (κ3) is 3.85. The van der Waals surface area contributed by atoms with Crippen LogP contribution in [-0.2, 0) is 25.7 Å². The van der Waals surface area contributed by atoms with Gasteiger partial charge in [0.05, 0.1) is 39.1 Å². The average molecular weight is 366 g/mol. The molecule has 2 saturated heterocycles. The lowest BCUT2D eigenvalue weighted by atomic mass is 9.95. The molecule has 0 radical (unpaired) electrons. The number of nitrogens with one attached hydrogen (secondary N) is 1. The predicted octanol–water partition coefficient (Wildman–Crippen LogP) is 0.435. The van der Waals surface area contributed by atoms with Crippen LogP contribution in [0.1, 0.15) is 24.8 Å². The van der Waals surface area contributed by atoms with Crippen LogP contribution in [0, 0.1) is 5.92 Å². The van der Waals surface area contributed by atoms with Crippen molar-refractivity contribution in [3.05, 3.63) is 34.9 Å². The molecule has 0 saturated carbocycles. The number of hydrogen-bond acceptors (Lipinski definition) is 4. The number of hydrogen-bond donors (Lipinski definition) is 1. The van der Waals surface area contributed by atoms with Gasteiger partial charge >= 0.3 is 5.97 Å². The van der Waals surface area contributed by atoms with Crippen LogP contribution in [0.25, 0.3) is 0 Å². The molecule has 7 heteroatoms. The summed E-state index contributed by atoms with van der Waals surface area (Å²) in [4.78, 5) is 39.1. The van der Waals surface area contributed by atoms with Gasteiger partial charge in [-0.25, -0.2) is 0 Å². The zero-order valence-corrected chi connectivity index (χ0v) is 14.9. The normalized spacial score (nSPS) is 26.8. The number of imide groups is 1. The lowest BCUT2D eigenvalue weighted by Crippen LogP contribution is -3.17. The first-order chi connectivity index (χ1) is 12.0. The maximum Gasteiger partial charge on any atom is 0.309 e. The number of nitrogens with zero attached hydrogens (tertiary/aromatic N) is 1. The molecule has 2 aliphatic rings. The molecule has 1 aromatic carbocycles. The summed E-state index contributed by atoms with van der Waals surface area (Å²) in [6.45, 7) is 1.69. The number of quaternary nitrogens is 1. The molecule has 0 aliphatic carbocycles. The average Bonchev–Trinajstić information content (AvgIpc) is 2.91. The second-order valence-corrected chi connectivity index (χ2v) is 7.09. The minimum atomic E-state index is -0.335. The van der Waals surface area contributed by atoms with E-state index in [0.29, 0.717) is 31.0 Å². The van der Waals surface area contributed by atoms with Gasteiger partial charge in [-0.2, -0.15) is 0 Å². The van der Waals surface area contributed by atoms with E-state index in [-0.39, 0.29) is 42.7 Å². The minimum absolute atomic E-state index is 0.0915. The van der Waals surface area contributed by atoms with Crippen LogP contribution in [0.3, 0.4) is 0 Å². The zero-order chi connectivity index (χ0) is 18.0. The summed E-state index contributed by atoms with van der Waals surface area (Å²) >= 11 is 5.87. The molecule has 0 spiro atoms. The molecule has 0 bridgehead atoms. The van der Waals surface area contributed by atoms with E-state index in [9.17, 15) is 14.4 Å². The number of halogens is 1. The molecule has 2 heterocycles. The molecule has 6 nitrogen and oxygen atoms in total. The number of carbonyl (C=O) groups is 3. The van der Waals surface area contributed by atoms with Gasteiger partial charge in [-0.05, 0) is 17.7 Å². The topological polar surface area (TPSA) is 68.1 Å². The highest BCUT2D eigenvalue weighted by molar-refractivity contribution is 6.30. The van der Waals surface area contributed by atoms with Gasteiger partial charge in [-0.15, -0.1) is 0 Å². The van der Waals surface area contributed by atoms with Crippen molar-refractivity contribution in [2.24, 2.45) is 5.92 Å². The molecule has 0 aromatic heterocycles. The fraction of sp³-hybridized carbons (Fsp3) is 0.500. The first-order valence-electron chi connectivity index (χ1n) is 8.50. The highest BCUT2D eigenvalue weighted by Crippen LogP contribution is 2.18. The van der Waals surface area contributed by atoms with Gasteiger partial charge in [0.25, 0.3) is 5.91 Å². The van der Waals surface area contributed by atoms with Gasteiger partial charge in [0, 0.05) is 17.9 Å². The molecule has 2 fully saturated rings. The standard InChI is InChI=1S/C18H21ClN2O4/c1-25-18(24)13-6-8-20(9-7-13)15-10-16(22)21(17(15)23)11-12-2-4-14(19)5-3-12/h2-5,13,15H,6-11H2,1H3/p+1/t15-/m1/s1. The Morgan fingerprint density at radius 2 is 1.88 bits per heavy atom. The van der Waals surface area contributed by atoms with Crippen LogP contribution in [0.4, 0.5) is 0 Å². The fourth-order valence-electron chi connectivity index (χ4n) is 3.68. The van der Waals surface area contributed by atoms with Crippen LogP contribution < -0.4 is 4.90 Å². The van der Waals surface area contributed by atoms with E-state index in [1.54, 1.807) is 12.1 Å². The molecular weight excluding hydrogens is 344 g/mol. The van der Waals surface area contributed by atoms with E-state index >= 15 is 0 Å². The van der Waals surface area contributed by atoms with Crippen molar-refractivity contribution >= 4 is 29.4 Å². The van der Waals surface area contributed by atoms with Crippen LogP contribution in [0.15, 0.2) is 24.3 Å². The number of carbonyl (C=O) groups excluding carboxylic acids is 3. The largest absolute Gasteiger partial charge is 0.469 e. The lowest BCUT2D eigenvalue weighted by molar-refractivity contribution is -0.920. The molecule has 0 unspecified atom stereocenters. The first kappa shape index (κ1) is 17.9. The summed E-state index contributed by atoms with van der Waals surface area (Å²) < 4.78 is 4.79. The van der Waals surface area contributed by atoms with Crippen molar-refractivity contribution in [1.82, 2.24) is 4.90 Å². The summed E-state index contributed by atoms with van der Waals surface area (Å²) in [7, 11) is 1.40. The number of benzene rings is 1. The second kappa shape index (κ2) is 7.54. The van der Waals surface area contributed by atoms with Gasteiger partial charge in [-0.1, -0.05) is 23.7 Å². The van der Waals surface area contributed by atoms with Crippen LogP contribution >= 0.6 is 11.6 Å². The van der Waals surface area contributed by atoms with E-state index in [1.807, 2.05) is 12.1 Å². The Morgan fingerprint density at radius 3 is 2.48 bits per heavy atom. The fourth-order valence-corrected chi connectivity index (χ4v) is 3.81. The first-order valence-corrected chi connectivity index (χ1v) is 8.88. The lowest BCUT2D eigenvalue weighted by Gasteiger charge is -2.30. The zero-order valence-electron chi connectivity index (χ0n) is 14.2. The van der Waals surface area contributed by atoms with E-state index < -0.39 is 0 Å². The maximum atomic E-state index is 12.7. The number of esters is 1. The second-order valence-electron chi connectivity index (χ2n) is 6.66. The Morgan fingerprint density at radius 1 is 1.24 bits per heavy atom. The molecule has 1 atom stereocenters. The van der Waals surface area contributed by atoms with Crippen molar-refractivity contribution < 1.29 is 24.0 Å². The Hall–Kier alpha value is -1.92. The number of ether oxygens (including phenoxy) is 1. The SMILES string of the molecule is COC(=O)C1CC[NH+]([C@@H]2CC(=O)N(Cc3ccc(Cl)cc3)C2=O)CC1. The number of piperidine rings is 1. The van der Waals surface area contributed by atoms with Crippen LogP contribution in [0.2, 0.25) is 5.02 Å². The van der Waals surface area contributed by atoms with Gasteiger partial charge in [0.1, 0.15) is 0 Å². The van der Waals surface area contributed by atoms with E-state index in [2.05, 4.69) is 0 Å². The Kier molecular flexibility index (Phi) is 5.39. The van der Waals surface area contributed by atoms with Crippen LogP contribution in [-0.4, -0.2) is 48.9 Å². The van der Waals surface area contributed by atoms with Crippen molar-refractivity contribution in [2.75, 3.05) is 20.2 Å². The van der Waals surface area contributed by atoms with Crippen LogP contribution in [0.5, 0.6) is 0 Å². The van der Waals surface area contributed by atoms with Gasteiger partial charge in [0.15, 0.2) is 6.04 Å². The van der Waals surface area contributed by atoms with Crippen molar-refractivity contribution in [1.29, 1.82) is 0 Å². The quantitative estimate of drug-likeness (QED) is 0.621. The summed E-state index contributed by atoms with van der Waals surface area (Å²) in [6.07, 6.45) is 1.62. The van der Waals surface area contributed by atoms with E-state index in [4.69, 9.17) is 16.3 Å². The Balaban J connectivity index is 1.61. The molecule has 1 aromatic rings. The Labute approximate surface area is 151 Å². The smallest absolute Gasteiger partial charge is 0.309 e. The summed E-state index contributed by atoms with van der Waals surface area (Å²) in [5, 5.41) is 0.624. The molecule has 3 rings (SSSR count). The summed E-state index contributed by atoms with van der Waals surface area (Å²) in [5.41, 5.74) is 0.881. The summed E-state index contributed by atoms with van der Waals surface area (Å²) in [6, 6.07) is 6.82. The molecule has 1 N–H and O–H groups in total. The van der Waals surface area contributed by atoms with E-state index in [1.165, 1.54) is 12.0 Å². The van der Waals surface area contributed by atoms with Crippen molar-refractivity contribution in [2.45, 2.75) is 31.8 Å². The third-order valence-electron chi connectivity index (χ3n) is 5.15. The molecule has 134 valence electrons. The molecule has 2 amide bonds. The van der Waals surface area contributed by atoms with Crippen molar-refractivity contribution in [3.8, 4) is 0 Å². The number of rotatable bonds is 4.